The topological polar surface area (TPSA) is 61.6 Å². The summed E-state index contributed by atoms with van der Waals surface area (Å²) in [4.78, 5) is 10.9. The van der Waals surface area contributed by atoms with Crippen LogP contribution >= 0.6 is 0 Å². The van der Waals surface area contributed by atoms with Crippen LogP contribution in [0.3, 0.4) is 0 Å². The van der Waals surface area contributed by atoms with E-state index in [0.29, 0.717) is 32.6 Å². The molecule has 1 fully saturated rings. The first kappa shape index (κ1) is 8.49. The molecule has 1 heterocycles. The Morgan fingerprint density at radius 1 is 1.64 bits per heavy atom. The van der Waals surface area contributed by atoms with E-state index in [1.807, 2.05) is 0 Å². The average Bonchev–Trinajstić information content (AvgIpc) is 1.93. The third-order valence-corrected chi connectivity index (χ3v) is 1.49. The van der Waals surface area contributed by atoms with Crippen LogP contribution in [0.2, 0.25) is 0 Å². The summed E-state index contributed by atoms with van der Waals surface area (Å²) in [6.45, 7) is 1.64. The average molecular weight is 159 g/mol. The van der Waals surface area contributed by atoms with Crippen molar-refractivity contribution >= 4 is 5.97 Å². The summed E-state index contributed by atoms with van der Waals surface area (Å²) in [6.07, 6.45) is 1.12. The number of hydrogen-bond acceptors (Lipinski definition) is 4. The summed E-state index contributed by atoms with van der Waals surface area (Å²) in [5.41, 5.74) is 5.22. The molecule has 0 bridgehead atoms. The fraction of sp³-hybridized carbons (Fsp3) is 0.857. The van der Waals surface area contributed by atoms with Crippen molar-refractivity contribution in [3.05, 3.63) is 0 Å². The Morgan fingerprint density at radius 2 is 2.36 bits per heavy atom. The summed E-state index contributed by atoms with van der Waals surface area (Å²) in [7, 11) is 0. The van der Waals surface area contributed by atoms with Gasteiger partial charge >= 0.3 is 5.97 Å². The third-order valence-electron chi connectivity index (χ3n) is 1.49. The number of hydrogen-bond donors (Lipinski definition) is 1. The lowest BCUT2D eigenvalue weighted by Gasteiger charge is -2.25. The van der Waals surface area contributed by atoms with Gasteiger partial charge in [-0.25, -0.2) is 0 Å². The van der Waals surface area contributed by atoms with Crippen LogP contribution in [0.15, 0.2) is 0 Å². The van der Waals surface area contributed by atoms with E-state index in [-0.39, 0.29) is 12.1 Å². The van der Waals surface area contributed by atoms with Crippen molar-refractivity contribution in [3.63, 3.8) is 0 Å². The van der Waals surface area contributed by atoms with Gasteiger partial charge in [-0.05, 0) is 13.0 Å². The molecule has 2 N–H and O–H groups in total. The molecule has 0 spiro atoms. The van der Waals surface area contributed by atoms with Gasteiger partial charge in [-0.2, -0.15) is 0 Å². The summed E-state index contributed by atoms with van der Waals surface area (Å²) in [5, 5.41) is 0. The van der Waals surface area contributed by atoms with Gasteiger partial charge in [0.1, 0.15) is 6.10 Å². The van der Waals surface area contributed by atoms with Crippen LogP contribution in [0.1, 0.15) is 12.8 Å². The number of esters is 1. The molecule has 1 aliphatic heterocycles. The maximum atomic E-state index is 10.9. The second-order valence-corrected chi connectivity index (χ2v) is 2.54. The predicted molar refractivity (Wildman–Crippen MR) is 39.0 cm³/mol. The third kappa shape index (κ3) is 2.86. The highest BCUT2D eigenvalue weighted by atomic mass is 16.6. The molecular weight excluding hydrogens is 146 g/mol. The highest BCUT2D eigenvalue weighted by molar-refractivity contribution is 5.69. The largest absolute Gasteiger partial charge is 0.457 e. The zero-order valence-corrected chi connectivity index (χ0v) is 6.41. The Balaban J connectivity index is 2.00. The monoisotopic (exact) mass is 159 g/mol. The molecule has 0 aromatic rings. The van der Waals surface area contributed by atoms with Crippen molar-refractivity contribution in [2.45, 2.75) is 18.9 Å². The molecule has 0 unspecified atom stereocenters. The maximum absolute atomic E-state index is 10.9. The minimum Gasteiger partial charge on any atom is -0.457 e. The molecule has 4 nitrogen and oxygen atoms in total. The number of carbonyl (C=O) groups excluding carboxylic acids is 1. The molecule has 0 amide bonds. The quantitative estimate of drug-likeness (QED) is 0.570. The van der Waals surface area contributed by atoms with E-state index in [0.717, 1.165) is 0 Å². The molecule has 0 saturated carbocycles. The van der Waals surface area contributed by atoms with E-state index in [4.69, 9.17) is 15.2 Å². The van der Waals surface area contributed by atoms with Gasteiger partial charge in [0.25, 0.3) is 0 Å². The molecule has 1 rings (SSSR count). The Bertz CT molecular complexity index is 134. The molecule has 1 saturated heterocycles. The molecule has 11 heavy (non-hydrogen) atoms. The summed E-state index contributed by atoms with van der Waals surface area (Å²) >= 11 is 0. The van der Waals surface area contributed by atoms with Crippen molar-refractivity contribution in [2.24, 2.45) is 5.73 Å². The number of rotatable bonds is 4. The molecule has 0 aliphatic carbocycles. The zero-order valence-electron chi connectivity index (χ0n) is 6.41. The van der Waals surface area contributed by atoms with Gasteiger partial charge in [0.05, 0.1) is 13.2 Å². The first-order valence-electron chi connectivity index (χ1n) is 3.80. The van der Waals surface area contributed by atoms with Crippen LogP contribution in [0.5, 0.6) is 0 Å². The molecule has 0 radical (unpaired) electrons. The standard InChI is InChI=1S/C7H13NO3/c8-3-1-2-7(9)11-6-4-10-5-6/h6H,1-5,8H2. The smallest absolute Gasteiger partial charge is 0.306 e. The minimum absolute atomic E-state index is 0.000254. The lowest BCUT2D eigenvalue weighted by molar-refractivity contribution is -0.172. The van der Waals surface area contributed by atoms with Crippen LogP contribution < -0.4 is 5.73 Å². The lowest BCUT2D eigenvalue weighted by Crippen LogP contribution is -2.37. The van der Waals surface area contributed by atoms with E-state index in [9.17, 15) is 4.79 Å². The normalized spacial score (nSPS) is 17.5. The highest BCUT2D eigenvalue weighted by Gasteiger charge is 2.21. The second-order valence-electron chi connectivity index (χ2n) is 2.54. The minimum atomic E-state index is -0.163. The Morgan fingerprint density at radius 3 is 2.82 bits per heavy atom. The molecule has 0 atom stereocenters. The van der Waals surface area contributed by atoms with Crippen LogP contribution in [-0.2, 0) is 14.3 Å². The van der Waals surface area contributed by atoms with Crippen LogP contribution in [0, 0.1) is 0 Å². The van der Waals surface area contributed by atoms with Crippen LogP contribution in [0.4, 0.5) is 0 Å². The van der Waals surface area contributed by atoms with E-state index in [1.54, 1.807) is 0 Å². The van der Waals surface area contributed by atoms with Gasteiger partial charge in [0, 0.05) is 6.42 Å². The van der Waals surface area contributed by atoms with Gasteiger partial charge < -0.3 is 15.2 Å². The van der Waals surface area contributed by atoms with Crippen molar-refractivity contribution in [3.8, 4) is 0 Å². The Hall–Kier alpha value is -0.610. The molecular formula is C7H13NO3. The van der Waals surface area contributed by atoms with Gasteiger partial charge in [0.15, 0.2) is 0 Å². The summed E-state index contributed by atoms with van der Waals surface area (Å²) in [5.74, 6) is -0.163. The van der Waals surface area contributed by atoms with Gasteiger partial charge in [-0.15, -0.1) is 0 Å². The SMILES string of the molecule is NCCCC(=O)OC1COC1. The summed E-state index contributed by atoms with van der Waals surface area (Å²) < 4.78 is 9.81. The van der Waals surface area contributed by atoms with Gasteiger partial charge in [-0.1, -0.05) is 0 Å². The highest BCUT2D eigenvalue weighted by Crippen LogP contribution is 2.06. The van der Waals surface area contributed by atoms with Crippen LogP contribution in [0.25, 0.3) is 0 Å². The van der Waals surface area contributed by atoms with E-state index in [1.165, 1.54) is 0 Å². The fourth-order valence-corrected chi connectivity index (χ4v) is 0.773. The van der Waals surface area contributed by atoms with E-state index >= 15 is 0 Å². The van der Waals surface area contributed by atoms with Gasteiger partial charge in [0.2, 0.25) is 0 Å². The van der Waals surface area contributed by atoms with Gasteiger partial charge in [-0.3, -0.25) is 4.79 Å². The molecule has 4 heteroatoms. The zero-order chi connectivity index (χ0) is 8.10. The van der Waals surface area contributed by atoms with Crippen molar-refractivity contribution < 1.29 is 14.3 Å². The predicted octanol–water partition coefficient (Wildman–Crippen LogP) is -0.333. The van der Waals surface area contributed by atoms with Crippen molar-refractivity contribution in [1.29, 1.82) is 0 Å². The molecule has 0 aromatic heterocycles. The fourth-order valence-electron chi connectivity index (χ4n) is 0.773. The van der Waals surface area contributed by atoms with Crippen molar-refractivity contribution in [1.82, 2.24) is 0 Å². The number of carbonyl (C=O) groups is 1. The van der Waals surface area contributed by atoms with Crippen molar-refractivity contribution in [2.75, 3.05) is 19.8 Å². The first-order chi connectivity index (χ1) is 5.33. The van der Waals surface area contributed by atoms with E-state index in [2.05, 4.69) is 0 Å². The Labute approximate surface area is 65.7 Å². The van der Waals surface area contributed by atoms with E-state index < -0.39 is 0 Å². The summed E-state index contributed by atoms with van der Waals surface area (Å²) in [6, 6.07) is 0. The molecule has 0 aromatic carbocycles. The molecule has 64 valence electrons. The maximum Gasteiger partial charge on any atom is 0.306 e. The first-order valence-corrected chi connectivity index (χ1v) is 3.80. The lowest BCUT2D eigenvalue weighted by atomic mass is 10.3. The number of ether oxygens (including phenoxy) is 2. The number of nitrogens with two attached hydrogens (primary N) is 1. The second kappa shape index (κ2) is 4.31. The molecule has 1 aliphatic rings. The Kier molecular flexibility index (Phi) is 3.32. The van der Waals surface area contributed by atoms with Crippen LogP contribution in [-0.4, -0.2) is 31.8 Å².